The highest BCUT2D eigenvalue weighted by Crippen LogP contribution is 2.26. The van der Waals surface area contributed by atoms with E-state index in [1.54, 1.807) is 6.07 Å². The molecular formula is C19H19NO3. The first-order valence-electron chi connectivity index (χ1n) is 7.58. The molecule has 4 heteroatoms. The van der Waals surface area contributed by atoms with Crippen LogP contribution in [0.3, 0.4) is 0 Å². The molecule has 3 aromatic carbocycles. The zero-order chi connectivity index (χ0) is 16.7. The van der Waals surface area contributed by atoms with Gasteiger partial charge in [-0.2, -0.15) is 0 Å². The number of nitro groups is 1. The molecule has 0 spiro atoms. The predicted octanol–water partition coefficient (Wildman–Crippen LogP) is 5.35. The first-order valence-corrected chi connectivity index (χ1v) is 7.58. The molecule has 3 aromatic rings. The molecule has 0 N–H and O–H groups in total. The van der Waals surface area contributed by atoms with Gasteiger partial charge >= 0.3 is 0 Å². The molecule has 0 aliphatic heterocycles. The third-order valence-corrected chi connectivity index (χ3v) is 3.27. The van der Waals surface area contributed by atoms with Crippen LogP contribution in [0.1, 0.15) is 19.4 Å². The van der Waals surface area contributed by atoms with Crippen LogP contribution in [0, 0.1) is 10.1 Å². The number of hydrogen-bond donors (Lipinski definition) is 0. The predicted molar refractivity (Wildman–Crippen MR) is 92.7 cm³/mol. The van der Waals surface area contributed by atoms with E-state index < -0.39 is 4.92 Å². The fourth-order valence-corrected chi connectivity index (χ4v) is 2.24. The Balaban J connectivity index is 0.000000924. The van der Waals surface area contributed by atoms with Crippen molar-refractivity contribution in [2.75, 3.05) is 0 Å². The maximum absolute atomic E-state index is 10.8. The van der Waals surface area contributed by atoms with Crippen LogP contribution in [0.25, 0.3) is 10.8 Å². The van der Waals surface area contributed by atoms with Crippen molar-refractivity contribution in [3.05, 3.63) is 82.4 Å². The number of fused-ring (bicyclic) bond motifs is 1. The van der Waals surface area contributed by atoms with Gasteiger partial charge in [-0.05, 0) is 17.0 Å². The van der Waals surface area contributed by atoms with Crippen molar-refractivity contribution in [2.24, 2.45) is 0 Å². The van der Waals surface area contributed by atoms with E-state index in [4.69, 9.17) is 4.74 Å². The molecule has 0 heterocycles. The molecule has 0 amide bonds. The first kappa shape index (κ1) is 16.5. The maximum Gasteiger partial charge on any atom is 0.269 e. The number of rotatable bonds is 4. The van der Waals surface area contributed by atoms with Gasteiger partial charge in [-0.15, -0.1) is 0 Å². The number of hydrogen-bond acceptors (Lipinski definition) is 3. The standard InChI is InChI=1S/C17H13NO3.C2H6/c19-18(20)15-8-3-5-13(11-15)12-21-17-10-4-7-14-6-1-2-9-16(14)17;1-2/h1-11H,12H2;1-2H3. The van der Waals surface area contributed by atoms with Crippen LogP contribution in [-0.4, -0.2) is 4.92 Å². The summed E-state index contributed by atoms with van der Waals surface area (Å²) in [7, 11) is 0. The molecule has 23 heavy (non-hydrogen) atoms. The molecule has 0 bridgehead atoms. The molecule has 0 unspecified atom stereocenters. The number of nitro benzene ring substituents is 1. The van der Waals surface area contributed by atoms with Gasteiger partial charge < -0.3 is 4.74 Å². The van der Waals surface area contributed by atoms with Gasteiger partial charge in [0.2, 0.25) is 0 Å². The van der Waals surface area contributed by atoms with Crippen molar-refractivity contribution in [1.82, 2.24) is 0 Å². The van der Waals surface area contributed by atoms with Gasteiger partial charge in [-0.3, -0.25) is 10.1 Å². The van der Waals surface area contributed by atoms with Crippen LogP contribution in [0.5, 0.6) is 5.75 Å². The molecule has 0 fully saturated rings. The zero-order valence-electron chi connectivity index (χ0n) is 13.2. The van der Waals surface area contributed by atoms with E-state index >= 15 is 0 Å². The van der Waals surface area contributed by atoms with E-state index in [0.29, 0.717) is 6.61 Å². The fourth-order valence-electron chi connectivity index (χ4n) is 2.24. The Kier molecular flexibility index (Phi) is 5.69. The second-order valence-corrected chi connectivity index (χ2v) is 4.69. The maximum atomic E-state index is 10.8. The number of ether oxygens (including phenoxy) is 1. The first-order chi connectivity index (χ1) is 11.2. The summed E-state index contributed by atoms with van der Waals surface area (Å²) >= 11 is 0. The molecule has 0 aromatic heterocycles. The lowest BCUT2D eigenvalue weighted by atomic mass is 10.1. The van der Waals surface area contributed by atoms with Crippen LogP contribution in [-0.2, 0) is 6.61 Å². The quantitative estimate of drug-likeness (QED) is 0.482. The Labute approximate surface area is 135 Å². The number of non-ortho nitro benzene ring substituents is 1. The highest BCUT2D eigenvalue weighted by Gasteiger charge is 2.07. The Bertz CT molecular complexity index is 794. The Morgan fingerprint density at radius 2 is 1.65 bits per heavy atom. The van der Waals surface area contributed by atoms with Crippen molar-refractivity contribution < 1.29 is 9.66 Å². The summed E-state index contributed by atoms with van der Waals surface area (Å²) in [5, 5.41) is 12.9. The average molecular weight is 309 g/mol. The Morgan fingerprint density at radius 3 is 2.43 bits per heavy atom. The van der Waals surface area contributed by atoms with Gasteiger partial charge in [0.05, 0.1) is 4.92 Å². The zero-order valence-corrected chi connectivity index (χ0v) is 13.2. The molecule has 118 valence electrons. The van der Waals surface area contributed by atoms with E-state index in [0.717, 1.165) is 22.1 Å². The van der Waals surface area contributed by atoms with E-state index in [1.807, 2.05) is 62.4 Å². The Hall–Kier alpha value is -2.88. The topological polar surface area (TPSA) is 52.4 Å². The van der Waals surface area contributed by atoms with Crippen molar-refractivity contribution in [3.8, 4) is 5.75 Å². The molecular weight excluding hydrogens is 290 g/mol. The molecule has 0 aliphatic carbocycles. The molecule has 0 saturated carbocycles. The number of nitrogens with zero attached hydrogens (tertiary/aromatic N) is 1. The highest BCUT2D eigenvalue weighted by molar-refractivity contribution is 5.88. The molecule has 0 aliphatic rings. The molecule has 0 saturated heterocycles. The van der Waals surface area contributed by atoms with Crippen molar-refractivity contribution in [1.29, 1.82) is 0 Å². The van der Waals surface area contributed by atoms with Gasteiger partial charge in [0.15, 0.2) is 0 Å². The summed E-state index contributed by atoms with van der Waals surface area (Å²) in [5.41, 5.74) is 0.853. The van der Waals surface area contributed by atoms with Gasteiger partial charge in [0, 0.05) is 17.5 Å². The monoisotopic (exact) mass is 309 g/mol. The van der Waals surface area contributed by atoms with E-state index in [9.17, 15) is 10.1 Å². The molecule has 4 nitrogen and oxygen atoms in total. The summed E-state index contributed by atoms with van der Waals surface area (Å²) in [6, 6.07) is 20.3. The third kappa shape index (κ3) is 4.07. The SMILES string of the molecule is CC.O=[N+]([O-])c1cccc(COc2cccc3ccccc23)c1. The van der Waals surface area contributed by atoms with E-state index in [-0.39, 0.29) is 5.69 Å². The highest BCUT2D eigenvalue weighted by atomic mass is 16.6. The van der Waals surface area contributed by atoms with Gasteiger partial charge in [-0.1, -0.05) is 62.4 Å². The molecule has 0 atom stereocenters. The summed E-state index contributed by atoms with van der Waals surface area (Å²) in [5.74, 6) is 0.777. The Morgan fingerprint density at radius 1 is 0.957 bits per heavy atom. The van der Waals surface area contributed by atoms with Gasteiger partial charge in [0.1, 0.15) is 12.4 Å². The molecule has 3 rings (SSSR count). The summed E-state index contributed by atoms with van der Waals surface area (Å²) in [4.78, 5) is 10.4. The number of benzene rings is 3. The summed E-state index contributed by atoms with van der Waals surface area (Å²) in [6.45, 7) is 4.30. The van der Waals surface area contributed by atoms with E-state index in [1.165, 1.54) is 12.1 Å². The lowest BCUT2D eigenvalue weighted by Crippen LogP contribution is -1.97. The minimum absolute atomic E-state index is 0.0778. The second-order valence-electron chi connectivity index (χ2n) is 4.69. The largest absolute Gasteiger partial charge is 0.488 e. The third-order valence-electron chi connectivity index (χ3n) is 3.27. The summed E-state index contributed by atoms with van der Waals surface area (Å²) < 4.78 is 5.82. The second kappa shape index (κ2) is 7.94. The average Bonchev–Trinajstić information content (AvgIpc) is 2.62. The van der Waals surface area contributed by atoms with Gasteiger partial charge in [0.25, 0.3) is 5.69 Å². The smallest absolute Gasteiger partial charge is 0.269 e. The van der Waals surface area contributed by atoms with Crippen molar-refractivity contribution in [2.45, 2.75) is 20.5 Å². The lowest BCUT2D eigenvalue weighted by molar-refractivity contribution is -0.384. The fraction of sp³-hybridized carbons (Fsp3) is 0.158. The van der Waals surface area contributed by atoms with Crippen molar-refractivity contribution in [3.63, 3.8) is 0 Å². The lowest BCUT2D eigenvalue weighted by Gasteiger charge is -2.09. The molecule has 0 radical (unpaired) electrons. The van der Waals surface area contributed by atoms with Crippen LogP contribution < -0.4 is 4.74 Å². The van der Waals surface area contributed by atoms with Gasteiger partial charge in [-0.25, -0.2) is 0 Å². The minimum atomic E-state index is -0.401. The van der Waals surface area contributed by atoms with Crippen LogP contribution in [0.15, 0.2) is 66.7 Å². The normalized spacial score (nSPS) is 9.83. The van der Waals surface area contributed by atoms with Crippen LogP contribution >= 0.6 is 0 Å². The van der Waals surface area contributed by atoms with Crippen molar-refractivity contribution >= 4 is 16.5 Å². The van der Waals surface area contributed by atoms with Crippen LogP contribution in [0.4, 0.5) is 5.69 Å². The van der Waals surface area contributed by atoms with Crippen LogP contribution in [0.2, 0.25) is 0 Å². The van der Waals surface area contributed by atoms with E-state index in [2.05, 4.69) is 0 Å². The summed E-state index contributed by atoms with van der Waals surface area (Å²) in [6.07, 6.45) is 0. The minimum Gasteiger partial charge on any atom is -0.488 e.